The third-order valence-electron chi connectivity index (χ3n) is 5.36. The number of para-hydroxylation sites is 1. The minimum absolute atomic E-state index is 0.275. The summed E-state index contributed by atoms with van der Waals surface area (Å²) in [5.74, 6) is -0.892. The average Bonchev–Trinajstić information content (AvgIpc) is 3.26. The lowest BCUT2D eigenvalue weighted by Gasteiger charge is -2.17. The molecule has 7 nitrogen and oxygen atoms in total. The number of rotatable bonds is 5. The first-order valence-electron chi connectivity index (χ1n) is 9.60. The summed E-state index contributed by atoms with van der Waals surface area (Å²) >= 11 is 0. The van der Waals surface area contributed by atoms with Crippen molar-refractivity contribution in [1.82, 2.24) is 4.98 Å². The van der Waals surface area contributed by atoms with Gasteiger partial charge in [0.05, 0.1) is 17.5 Å². The van der Waals surface area contributed by atoms with E-state index < -0.39 is 22.1 Å². The summed E-state index contributed by atoms with van der Waals surface area (Å²) in [7, 11) is -3.36. The molecule has 0 saturated carbocycles. The van der Waals surface area contributed by atoms with Gasteiger partial charge in [0.25, 0.3) is 0 Å². The number of ketones is 1. The number of hydrogen-bond acceptors (Lipinski definition) is 5. The summed E-state index contributed by atoms with van der Waals surface area (Å²) in [4.78, 5) is 28.8. The van der Waals surface area contributed by atoms with E-state index in [9.17, 15) is 18.0 Å². The number of carbonyl (C=O) groups is 2. The number of aryl methyl sites for hydroxylation is 1. The highest BCUT2D eigenvalue weighted by atomic mass is 32.2. The largest absolute Gasteiger partial charge is 0.451 e. The van der Waals surface area contributed by atoms with Crippen molar-refractivity contribution in [3.63, 3.8) is 0 Å². The zero-order chi connectivity index (χ0) is 21.6. The van der Waals surface area contributed by atoms with Gasteiger partial charge >= 0.3 is 5.97 Å². The van der Waals surface area contributed by atoms with Crippen molar-refractivity contribution in [2.75, 3.05) is 17.1 Å². The van der Waals surface area contributed by atoms with E-state index in [1.165, 1.54) is 10.4 Å². The maximum Gasteiger partial charge on any atom is 0.338 e. The predicted molar refractivity (Wildman–Crippen MR) is 115 cm³/mol. The molecule has 0 saturated heterocycles. The third kappa shape index (κ3) is 3.47. The number of anilines is 1. The number of aromatic nitrogens is 1. The highest BCUT2D eigenvalue weighted by Gasteiger charge is 2.28. The van der Waals surface area contributed by atoms with E-state index in [1.807, 2.05) is 31.2 Å². The molecule has 1 aliphatic rings. The van der Waals surface area contributed by atoms with Crippen LogP contribution in [0.2, 0.25) is 0 Å². The molecule has 0 radical (unpaired) electrons. The summed E-state index contributed by atoms with van der Waals surface area (Å²) in [5, 5.41) is 0.793. The van der Waals surface area contributed by atoms with E-state index in [4.69, 9.17) is 4.74 Å². The lowest BCUT2D eigenvalue weighted by molar-refractivity contribution is 0.0319. The van der Waals surface area contributed by atoms with Gasteiger partial charge in [-0.25, -0.2) is 13.2 Å². The van der Waals surface area contributed by atoms with Crippen LogP contribution in [-0.4, -0.2) is 44.1 Å². The van der Waals surface area contributed by atoms with Gasteiger partial charge in [0.2, 0.25) is 15.8 Å². The fourth-order valence-electron chi connectivity index (χ4n) is 3.92. The molecule has 1 unspecified atom stereocenters. The Balaban J connectivity index is 1.54. The Kier molecular flexibility index (Phi) is 4.89. The van der Waals surface area contributed by atoms with Gasteiger partial charge < -0.3 is 9.72 Å². The Bertz CT molecular complexity index is 1280. The number of carbonyl (C=O) groups excluding carboxylic acids is 2. The second-order valence-corrected chi connectivity index (χ2v) is 9.42. The monoisotopic (exact) mass is 426 g/mol. The Morgan fingerprint density at radius 3 is 2.63 bits per heavy atom. The summed E-state index contributed by atoms with van der Waals surface area (Å²) in [6, 6.07) is 12.3. The number of benzene rings is 2. The number of hydrogen-bond donors (Lipinski definition) is 1. The van der Waals surface area contributed by atoms with Crippen LogP contribution in [0.25, 0.3) is 10.9 Å². The van der Waals surface area contributed by atoms with E-state index >= 15 is 0 Å². The highest BCUT2D eigenvalue weighted by molar-refractivity contribution is 7.92. The second-order valence-electron chi connectivity index (χ2n) is 7.51. The van der Waals surface area contributed by atoms with Crippen LogP contribution >= 0.6 is 0 Å². The molecule has 0 aliphatic carbocycles. The smallest absolute Gasteiger partial charge is 0.338 e. The predicted octanol–water partition coefficient (Wildman–Crippen LogP) is 3.23. The summed E-state index contributed by atoms with van der Waals surface area (Å²) in [5.41, 5.74) is 3.73. The maximum absolute atomic E-state index is 13.0. The lowest BCUT2D eigenvalue weighted by atomic mass is 10.0. The number of esters is 1. The molecule has 4 rings (SSSR count). The van der Waals surface area contributed by atoms with Crippen molar-refractivity contribution in [3.05, 3.63) is 64.8 Å². The first kappa shape index (κ1) is 20.2. The molecule has 8 heteroatoms. The zero-order valence-electron chi connectivity index (χ0n) is 16.9. The number of ether oxygens (including phenoxy) is 1. The Morgan fingerprint density at radius 1 is 1.17 bits per heavy atom. The Labute approximate surface area is 174 Å². The number of nitrogens with one attached hydrogen (secondary N) is 1. The maximum atomic E-state index is 13.0. The molecular weight excluding hydrogens is 404 g/mol. The van der Waals surface area contributed by atoms with Gasteiger partial charge in [0.15, 0.2) is 6.10 Å². The summed E-state index contributed by atoms with van der Waals surface area (Å²) in [6.07, 6.45) is 0.716. The molecule has 2 heterocycles. The van der Waals surface area contributed by atoms with E-state index in [0.717, 1.165) is 28.4 Å². The van der Waals surface area contributed by atoms with Crippen LogP contribution in [0.15, 0.2) is 42.5 Å². The van der Waals surface area contributed by atoms with Crippen molar-refractivity contribution in [2.24, 2.45) is 0 Å². The van der Waals surface area contributed by atoms with Crippen molar-refractivity contribution in [1.29, 1.82) is 0 Å². The van der Waals surface area contributed by atoms with Crippen LogP contribution in [0.5, 0.6) is 0 Å². The molecule has 1 N–H and O–H groups in total. The van der Waals surface area contributed by atoms with E-state index in [0.29, 0.717) is 29.8 Å². The van der Waals surface area contributed by atoms with Crippen LogP contribution in [0.3, 0.4) is 0 Å². The van der Waals surface area contributed by atoms with E-state index in [2.05, 4.69) is 4.98 Å². The summed E-state index contributed by atoms with van der Waals surface area (Å²) < 4.78 is 30.5. The first-order chi connectivity index (χ1) is 14.2. The van der Waals surface area contributed by atoms with Crippen molar-refractivity contribution >= 4 is 38.4 Å². The normalized spacial score (nSPS) is 14.6. The second kappa shape index (κ2) is 7.28. The molecule has 0 fully saturated rings. The number of Topliss-reactive ketones (excluding diaryl/α,β-unsaturated/α-hetero) is 1. The molecule has 1 aliphatic heterocycles. The third-order valence-corrected chi connectivity index (χ3v) is 6.54. The SMILES string of the molecule is Cc1[nH]c2ccccc2c1C(=O)C(C)OC(=O)c1ccc2c(c1)CCN2S(C)(=O)=O. The number of aromatic amines is 1. The molecule has 3 aromatic rings. The molecule has 0 spiro atoms. The number of sulfonamides is 1. The Morgan fingerprint density at radius 2 is 1.90 bits per heavy atom. The standard InChI is InChI=1S/C22H22N2O5S/c1-13-20(17-6-4-5-7-18(17)23-13)21(25)14(2)29-22(26)16-8-9-19-15(12-16)10-11-24(19)30(3,27)28/h4-9,12,14,23H,10-11H2,1-3H3. The fourth-order valence-corrected chi connectivity index (χ4v) is 4.88. The topological polar surface area (TPSA) is 96.5 Å². The van der Waals surface area contributed by atoms with Crippen LogP contribution < -0.4 is 4.31 Å². The first-order valence-corrected chi connectivity index (χ1v) is 11.4. The van der Waals surface area contributed by atoms with Crippen LogP contribution in [-0.2, 0) is 21.2 Å². The lowest BCUT2D eigenvalue weighted by Crippen LogP contribution is -2.27. The van der Waals surface area contributed by atoms with Crippen molar-refractivity contribution in [2.45, 2.75) is 26.4 Å². The Hall–Kier alpha value is -3.13. The summed E-state index contributed by atoms with van der Waals surface area (Å²) in [6.45, 7) is 3.72. The molecule has 156 valence electrons. The highest BCUT2D eigenvalue weighted by Crippen LogP contribution is 2.31. The van der Waals surface area contributed by atoms with Crippen LogP contribution in [0.1, 0.15) is 38.9 Å². The minimum Gasteiger partial charge on any atom is -0.451 e. The van der Waals surface area contributed by atoms with Gasteiger partial charge in [-0.3, -0.25) is 9.10 Å². The molecule has 1 aromatic heterocycles. The van der Waals surface area contributed by atoms with Crippen molar-refractivity contribution < 1.29 is 22.7 Å². The number of H-pyrrole nitrogens is 1. The average molecular weight is 426 g/mol. The molecule has 30 heavy (non-hydrogen) atoms. The molecule has 1 atom stereocenters. The van der Waals surface area contributed by atoms with Crippen LogP contribution in [0, 0.1) is 6.92 Å². The quantitative estimate of drug-likeness (QED) is 0.499. The van der Waals surface area contributed by atoms with Gasteiger partial charge in [-0.05, 0) is 50.1 Å². The van der Waals surface area contributed by atoms with E-state index in [1.54, 1.807) is 19.1 Å². The molecule has 0 amide bonds. The zero-order valence-corrected chi connectivity index (χ0v) is 17.7. The van der Waals surface area contributed by atoms with Crippen molar-refractivity contribution in [3.8, 4) is 0 Å². The molecule has 2 aromatic carbocycles. The van der Waals surface area contributed by atoms with Gasteiger partial charge in [0.1, 0.15) is 0 Å². The van der Waals surface area contributed by atoms with Gasteiger partial charge in [0, 0.05) is 28.7 Å². The fraction of sp³-hybridized carbons (Fsp3) is 0.273. The molecule has 0 bridgehead atoms. The van der Waals surface area contributed by atoms with Gasteiger partial charge in [-0.1, -0.05) is 18.2 Å². The van der Waals surface area contributed by atoms with Crippen LogP contribution in [0.4, 0.5) is 5.69 Å². The van der Waals surface area contributed by atoms with Gasteiger partial charge in [-0.2, -0.15) is 0 Å². The number of nitrogens with zero attached hydrogens (tertiary/aromatic N) is 1. The van der Waals surface area contributed by atoms with E-state index in [-0.39, 0.29) is 5.78 Å². The van der Waals surface area contributed by atoms with Gasteiger partial charge in [-0.15, -0.1) is 0 Å². The molecular formula is C22H22N2O5S. The number of fused-ring (bicyclic) bond motifs is 2. The minimum atomic E-state index is -3.36.